The van der Waals surface area contributed by atoms with Gasteiger partial charge in [-0.2, -0.15) is 14.9 Å². The van der Waals surface area contributed by atoms with E-state index in [9.17, 15) is 8.42 Å². The number of nitriles is 1. The third-order valence-corrected chi connectivity index (χ3v) is 4.26. The molecule has 2 aromatic rings. The second-order valence-electron chi connectivity index (χ2n) is 3.70. The third-order valence-electron chi connectivity index (χ3n) is 2.33. The highest BCUT2D eigenvalue weighted by atomic mass is 79.9. The Bertz CT molecular complexity index is 803. The predicted octanol–water partition coefficient (Wildman–Crippen LogP) is 0.658. The Labute approximate surface area is 111 Å². The van der Waals surface area contributed by atoms with Gasteiger partial charge in [0.15, 0.2) is 20.5 Å². The average molecular weight is 330 g/mol. The minimum atomic E-state index is -3.64. The molecule has 0 spiro atoms. The van der Waals surface area contributed by atoms with Crippen LogP contribution in [0, 0.1) is 18.3 Å². The van der Waals surface area contributed by atoms with Crippen LogP contribution < -0.4 is 5.73 Å². The van der Waals surface area contributed by atoms with Gasteiger partial charge >= 0.3 is 0 Å². The Balaban J connectivity index is 3.07. The molecule has 2 heterocycles. The van der Waals surface area contributed by atoms with Crippen molar-refractivity contribution in [2.24, 2.45) is 0 Å². The van der Waals surface area contributed by atoms with Crippen molar-refractivity contribution in [1.82, 2.24) is 14.6 Å². The standard InChI is InChI=1S/C9H8BrN5O2S/c1-4-6(10)8-13-9(18(2,16)17)5(3-11)7(12)15(8)14-4/h12H2,1-2H3. The number of hydrogen-bond donors (Lipinski definition) is 1. The number of anilines is 1. The number of hydrogen-bond acceptors (Lipinski definition) is 6. The Hall–Kier alpha value is -1.66. The van der Waals surface area contributed by atoms with E-state index in [1.165, 1.54) is 4.52 Å². The van der Waals surface area contributed by atoms with E-state index in [4.69, 9.17) is 11.0 Å². The van der Waals surface area contributed by atoms with E-state index < -0.39 is 9.84 Å². The zero-order valence-corrected chi connectivity index (χ0v) is 11.9. The van der Waals surface area contributed by atoms with E-state index in [-0.39, 0.29) is 22.1 Å². The Morgan fingerprint density at radius 3 is 2.61 bits per heavy atom. The molecule has 18 heavy (non-hydrogen) atoms. The van der Waals surface area contributed by atoms with E-state index in [1.807, 2.05) is 0 Å². The van der Waals surface area contributed by atoms with Gasteiger partial charge in [-0.3, -0.25) is 0 Å². The second kappa shape index (κ2) is 3.93. The molecule has 0 aromatic carbocycles. The molecule has 94 valence electrons. The fourth-order valence-electron chi connectivity index (χ4n) is 1.50. The summed E-state index contributed by atoms with van der Waals surface area (Å²) in [6, 6.07) is 1.75. The minimum Gasteiger partial charge on any atom is -0.382 e. The van der Waals surface area contributed by atoms with Crippen molar-refractivity contribution < 1.29 is 8.42 Å². The highest BCUT2D eigenvalue weighted by Crippen LogP contribution is 2.27. The van der Waals surface area contributed by atoms with E-state index in [0.717, 1.165) is 6.26 Å². The van der Waals surface area contributed by atoms with Crippen molar-refractivity contribution in [1.29, 1.82) is 5.26 Å². The van der Waals surface area contributed by atoms with Crippen molar-refractivity contribution in [2.45, 2.75) is 11.9 Å². The normalized spacial score (nSPS) is 11.7. The molecule has 2 N–H and O–H groups in total. The third kappa shape index (κ3) is 1.74. The molecule has 9 heteroatoms. The zero-order chi connectivity index (χ0) is 13.7. The molecule has 0 saturated carbocycles. The smallest absolute Gasteiger partial charge is 0.194 e. The number of fused-ring (bicyclic) bond motifs is 1. The summed E-state index contributed by atoms with van der Waals surface area (Å²) >= 11 is 3.25. The number of nitrogen functional groups attached to an aromatic ring is 1. The first-order valence-electron chi connectivity index (χ1n) is 4.72. The van der Waals surface area contributed by atoms with Gasteiger partial charge in [-0.25, -0.2) is 13.4 Å². The maximum atomic E-state index is 11.6. The summed E-state index contributed by atoms with van der Waals surface area (Å²) in [5.41, 5.74) is 6.44. The first-order chi connectivity index (χ1) is 8.27. The van der Waals surface area contributed by atoms with Crippen LogP contribution in [0.2, 0.25) is 0 Å². The summed E-state index contributed by atoms with van der Waals surface area (Å²) in [6.45, 7) is 1.71. The topological polar surface area (TPSA) is 114 Å². The monoisotopic (exact) mass is 329 g/mol. The summed E-state index contributed by atoms with van der Waals surface area (Å²) in [5.74, 6) is -0.0447. The fraction of sp³-hybridized carbons (Fsp3) is 0.222. The summed E-state index contributed by atoms with van der Waals surface area (Å²) < 4.78 is 25.0. The predicted molar refractivity (Wildman–Crippen MR) is 67.7 cm³/mol. The van der Waals surface area contributed by atoms with Gasteiger partial charge in [0, 0.05) is 6.26 Å². The fourth-order valence-corrected chi connectivity index (χ4v) is 2.61. The first-order valence-corrected chi connectivity index (χ1v) is 7.40. The molecule has 0 aliphatic heterocycles. The van der Waals surface area contributed by atoms with Crippen LogP contribution in [0.4, 0.5) is 5.82 Å². The molecular formula is C9H8BrN5O2S. The van der Waals surface area contributed by atoms with Crippen molar-refractivity contribution in [3.05, 3.63) is 15.7 Å². The molecule has 0 amide bonds. The van der Waals surface area contributed by atoms with Gasteiger partial charge in [-0.15, -0.1) is 0 Å². The molecule has 0 aliphatic rings. The van der Waals surface area contributed by atoms with Gasteiger partial charge in [0.1, 0.15) is 17.5 Å². The largest absolute Gasteiger partial charge is 0.382 e. The highest BCUT2D eigenvalue weighted by Gasteiger charge is 2.23. The first kappa shape index (κ1) is 12.8. The Morgan fingerprint density at radius 1 is 1.50 bits per heavy atom. The van der Waals surface area contributed by atoms with Gasteiger partial charge < -0.3 is 5.73 Å². The number of halogens is 1. The van der Waals surface area contributed by atoms with Gasteiger partial charge in [0.2, 0.25) is 0 Å². The van der Waals surface area contributed by atoms with Crippen molar-refractivity contribution in [2.75, 3.05) is 12.0 Å². The van der Waals surface area contributed by atoms with Gasteiger partial charge in [-0.05, 0) is 22.9 Å². The number of nitrogens with two attached hydrogens (primary N) is 1. The number of aromatic nitrogens is 3. The molecule has 2 aromatic heterocycles. The number of sulfone groups is 1. The lowest BCUT2D eigenvalue weighted by Gasteiger charge is -2.05. The van der Waals surface area contributed by atoms with Crippen LogP contribution in [0.15, 0.2) is 9.50 Å². The number of nitrogens with zero attached hydrogens (tertiary/aromatic N) is 4. The molecule has 0 aliphatic carbocycles. The van der Waals surface area contributed by atoms with Crippen LogP contribution >= 0.6 is 15.9 Å². The second-order valence-corrected chi connectivity index (χ2v) is 6.42. The van der Waals surface area contributed by atoms with Crippen LogP contribution in [-0.4, -0.2) is 29.3 Å². The van der Waals surface area contributed by atoms with E-state index in [2.05, 4.69) is 26.0 Å². The molecule has 2 rings (SSSR count). The lowest BCUT2D eigenvalue weighted by Crippen LogP contribution is -2.11. The zero-order valence-electron chi connectivity index (χ0n) is 9.47. The summed E-state index contributed by atoms with van der Waals surface area (Å²) in [6.07, 6.45) is 0.975. The van der Waals surface area contributed by atoms with E-state index >= 15 is 0 Å². The van der Waals surface area contributed by atoms with Gasteiger partial charge in [-0.1, -0.05) is 0 Å². The van der Waals surface area contributed by atoms with Crippen molar-refractivity contribution >= 4 is 37.2 Å². The van der Waals surface area contributed by atoms with Crippen LogP contribution in [0.5, 0.6) is 0 Å². The molecule has 0 radical (unpaired) electrons. The summed E-state index contributed by atoms with van der Waals surface area (Å²) in [4.78, 5) is 3.96. The molecule has 0 saturated heterocycles. The minimum absolute atomic E-state index is 0.0447. The quantitative estimate of drug-likeness (QED) is 0.768. The molecule has 7 nitrogen and oxygen atoms in total. The molecule has 0 unspecified atom stereocenters. The summed E-state index contributed by atoms with van der Waals surface area (Å²) in [5, 5.41) is 12.8. The SMILES string of the molecule is Cc1nn2c(N)c(C#N)c(S(C)(=O)=O)nc2c1Br. The van der Waals surface area contributed by atoms with Gasteiger partial charge in [0.25, 0.3) is 0 Å². The molecular weight excluding hydrogens is 322 g/mol. The van der Waals surface area contributed by atoms with Crippen molar-refractivity contribution in [3.8, 4) is 6.07 Å². The lowest BCUT2D eigenvalue weighted by molar-refractivity contribution is 0.598. The lowest BCUT2D eigenvalue weighted by atomic mass is 10.3. The average Bonchev–Trinajstić information content (AvgIpc) is 2.55. The van der Waals surface area contributed by atoms with E-state index in [1.54, 1.807) is 13.0 Å². The maximum Gasteiger partial charge on any atom is 0.194 e. The van der Waals surface area contributed by atoms with Gasteiger partial charge in [0.05, 0.1) is 10.2 Å². The summed E-state index contributed by atoms with van der Waals surface area (Å²) in [7, 11) is -3.64. The molecule has 0 bridgehead atoms. The Morgan fingerprint density at radius 2 is 2.11 bits per heavy atom. The molecule has 0 fully saturated rings. The highest BCUT2D eigenvalue weighted by molar-refractivity contribution is 9.10. The molecule has 0 atom stereocenters. The van der Waals surface area contributed by atoms with E-state index in [0.29, 0.717) is 10.2 Å². The van der Waals surface area contributed by atoms with Crippen LogP contribution in [0.3, 0.4) is 0 Å². The Kier molecular flexibility index (Phi) is 2.79. The van der Waals surface area contributed by atoms with Crippen LogP contribution in [0.1, 0.15) is 11.3 Å². The van der Waals surface area contributed by atoms with Crippen LogP contribution in [0.25, 0.3) is 5.65 Å². The maximum absolute atomic E-state index is 11.6. The van der Waals surface area contributed by atoms with Crippen molar-refractivity contribution in [3.63, 3.8) is 0 Å². The number of rotatable bonds is 1. The number of aryl methyl sites for hydroxylation is 1. The van der Waals surface area contributed by atoms with Crippen LogP contribution in [-0.2, 0) is 9.84 Å².